The Balaban J connectivity index is 1.51. The van der Waals surface area contributed by atoms with Crippen molar-refractivity contribution in [2.45, 2.75) is 44.9 Å². The molecule has 0 saturated heterocycles. The summed E-state index contributed by atoms with van der Waals surface area (Å²) in [4.78, 5) is 13.5. The maximum atomic E-state index is 13.5. The summed E-state index contributed by atoms with van der Waals surface area (Å²) < 4.78 is 40.6. The smallest absolute Gasteiger partial charge is 0.271 e. The number of alkyl halides is 3. The lowest BCUT2D eigenvalue weighted by Gasteiger charge is -2.29. The highest BCUT2D eigenvalue weighted by molar-refractivity contribution is 6.30. The average Bonchev–Trinajstić information content (AvgIpc) is 3.43. The number of aromatic nitrogens is 2. The van der Waals surface area contributed by atoms with Gasteiger partial charge in [0.15, 0.2) is 5.69 Å². The molecule has 2 aromatic carbocycles. The summed E-state index contributed by atoms with van der Waals surface area (Å²) in [6.07, 6.45) is 0.0202. The van der Waals surface area contributed by atoms with Crippen molar-refractivity contribution in [2.24, 2.45) is 11.0 Å². The van der Waals surface area contributed by atoms with Crippen LogP contribution in [0, 0.1) is 12.8 Å². The lowest BCUT2D eigenvalue weighted by Crippen LogP contribution is -2.34. The Morgan fingerprint density at radius 2 is 1.73 bits per heavy atom. The number of benzene rings is 2. The highest BCUT2D eigenvalue weighted by Gasteiger charge is 2.44. The summed E-state index contributed by atoms with van der Waals surface area (Å²) in [5.41, 5.74) is 2.91. The third kappa shape index (κ3) is 5.31. The maximum Gasteiger partial charge on any atom is 0.435 e. The summed E-state index contributed by atoms with van der Waals surface area (Å²) in [7, 11) is 0. The van der Waals surface area contributed by atoms with Crippen molar-refractivity contribution in [3.8, 4) is 0 Å². The highest BCUT2D eigenvalue weighted by atomic mass is 35.5. The number of nitrogens with zero attached hydrogens (tertiary/aromatic N) is 4. The van der Waals surface area contributed by atoms with Gasteiger partial charge in [-0.05, 0) is 79.3 Å². The first-order valence-corrected chi connectivity index (χ1v) is 12.6. The van der Waals surface area contributed by atoms with Crippen LogP contribution in [-0.4, -0.2) is 26.4 Å². The Hall–Kier alpha value is -3.10. The molecule has 1 amide bonds. The Labute approximate surface area is 222 Å². The number of carbonyl (C=O) groups excluding carboxylic acids is 1. The van der Waals surface area contributed by atoms with Gasteiger partial charge in [-0.15, -0.1) is 0 Å². The number of hydrogen-bond acceptors (Lipinski definition) is 3. The SMILES string of the molecule is Cc1cc(C(F)(F)F)nn1CC(=O)N1N=C2C(=Cc3ccc(Cl)cc3)CCCC2C1c1ccc(Cl)cc1. The van der Waals surface area contributed by atoms with Gasteiger partial charge in [0.1, 0.15) is 6.54 Å². The zero-order valence-electron chi connectivity index (χ0n) is 19.8. The Kier molecular flexibility index (Phi) is 6.89. The van der Waals surface area contributed by atoms with Gasteiger partial charge in [0, 0.05) is 21.7 Å². The van der Waals surface area contributed by atoms with Gasteiger partial charge >= 0.3 is 6.18 Å². The van der Waals surface area contributed by atoms with Crippen molar-refractivity contribution in [3.05, 3.63) is 92.7 Å². The minimum absolute atomic E-state index is 0.0538. The van der Waals surface area contributed by atoms with Crippen LogP contribution in [0.1, 0.15) is 47.8 Å². The molecule has 0 radical (unpaired) electrons. The highest BCUT2D eigenvalue weighted by Crippen LogP contribution is 2.44. The first-order chi connectivity index (χ1) is 17.6. The second kappa shape index (κ2) is 9.99. The lowest BCUT2D eigenvalue weighted by molar-refractivity contribution is -0.142. The first kappa shape index (κ1) is 25.5. The molecule has 1 aliphatic carbocycles. The summed E-state index contributed by atoms with van der Waals surface area (Å²) in [6, 6.07) is 15.3. The number of allylic oxidation sites excluding steroid dienone is 1. The molecule has 2 atom stereocenters. The number of hydrazone groups is 1. The van der Waals surface area contributed by atoms with E-state index in [0.29, 0.717) is 10.0 Å². The van der Waals surface area contributed by atoms with Crippen LogP contribution < -0.4 is 0 Å². The Bertz CT molecular complexity index is 1380. The fourth-order valence-corrected chi connectivity index (χ4v) is 5.22. The van der Waals surface area contributed by atoms with E-state index in [1.807, 2.05) is 36.4 Å². The molecule has 37 heavy (non-hydrogen) atoms. The molecule has 1 fully saturated rings. The van der Waals surface area contributed by atoms with Crippen molar-refractivity contribution in [2.75, 3.05) is 0 Å². The van der Waals surface area contributed by atoms with Crippen LogP contribution in [0.2, 0.25) is 10.0 Å². The van der Waals surface area contributed by atoms with Crippen LogP contribution in [0.25, 0.3) is 6.08 Å². The number of amides is 1. The average molecular weight is 547 g/mol. The summed E-state index contributed by atoms with van der Waals surface area (Å²) in [5.74, 6) is -0.491. The second-order valence-corrected chi connectivity index (χ2v) is 10.1. The molecule has 10 heteroatoms. The molecule has 5 nitrogen and oxygen atoms in total. The van der Waals surface area contributed by atoms with Crippen LogP contribution in [0.15, 0.2) is 65.3 Å². The van der Waals surface area contributed by atoms with Gasteiger partial charge in [0.05, 0.1) is 11.8 Å². The standard InChI is InChI=1S/C27H23Cl2F3N4O/c1-16-13-23(27(30,31)32)33-35(16)15-24(37)36-26(18-7-11-21(29)12-8-18)22-4-2-3-19(25(22)34-36)14-17-5-9-20(28)10-6-17/h5-14,22,26H,2-4,15H2,1H3. The number of fused-ring (bicyclic) bond motifs is 1. The predicted octanol–water partition coefficient (Wildman–Crippen LogP) is 7.34. The van der Waals surface area contributed by atoms with E-state index in [2.05, 4.69) is 11.2 Å². The third-order valence-corrected chi connectivity index (χ3v) is 7.24. The maximum absolute atomic E-state index is 13.5. The van der Waals surface area contributed by atoms with E-state index in [-0.39, 0.29) is 18.2 Å². The largest absolute Gasteiger partial charge is 0.435 e. The molecule has 5 rings (SSSR count). The molecule has 1 aliphatic heterocycles. The first-order valence-electron chi connectivity index (χ1n) is 11.8. The Morgan fingerprint density at radius 1 is 1.08 bits per heavy atom. The van der Waals surface area contributed by atoms with E-state index in [4.69, 9.17) is 28.3 Å². The van der Waals surface area contributed by atoms with Crippen molar-refractivity contribution < 1.29 is 18.0 Å². The van der Waals surface area contributed by atoms with Gasteiger partial charge < -0.3 is 0 Å². The van der Waals surface area contributed by atoms with Gasteiger partial charge in [0.2, 0.25) is 0 Å². The van der Waals surface area contributed by atoms with E-state index >= 15 is 0 Å². The fraction of sp³-hybridized carbons (Fsp3) is 0.296. The topological polar surface area (TPSA) is 50.5 Å². The van der Waals surface area contributed by atoms with Gasteiger partial charge in [-0.1, -0.05) is 47.5 Å². The molecule has 192 valence electrons. The van der Waals surface area contributed by atoms with Crippen LogP contribution in [0.4, 0.5) is 13.2 Å². The molecular formula is C27H23Cl2F3N4O. The van der Waals surface area contributed by atoms with E-state index in [1.165, 1.54) is 11.9 Å². The van der Waals surface area contributed by atoms with Crippen LogP contribution in [0.3, 0.4) is 0 Å². The number of hydrogen-bond donors (Lipinski definition) is 0. The van der Waals surface area contributed by atoms with E-state index in [1.54, 1.807) is 12.1 Å². The molecule has 3 aromatic rings. The monoisotopic (exact) mass is 546 g/mol. The zero-order valence-corrected chi connectivity index (χ0v) is 21.4. The molecule has 2 unspecified atom stereocenters. The van der Waals surface area contributed by atoms with Gasteiger partial charge in [-0.2, -0.15) is 23.4 Å². The molecule has 2 aliphatic rings. The van der Waals surface area contributed by atoms with Crippen LogP contribution in [0.5, 0.6) is 0 Å². The van der Waals surface area contributed by atoms with Crippen molar-refractivity contribution in [1.29, 1.82) is 0 Å². The predicted molar refractivity (Wildman–Crippen MR) is 137 cm³/mol. The zero-order chi connectivity index (χ0) is 26.3. The van der Waals surface area contributed by atoms with E-state index < -0.39 is 23.8 Å². The lowest BCUT2D eigenvalue weighted by atomic mass is 9.77. The second-order valence-electron chi connectivity index (χ2n) is 9.27. The van der Waals surface area contributed by atoms with Crippen molar-refractivity contribution in [1.82, 2.24) is 14.8 Å². The summed E-state index contributed by atoms with van der Waals surface area (Å²) >= 11 is 12.1. The number of aryl methyl sites for hydroxylation is 1. The molecule has 0 spiro atoms. The quantitative estimate of drug-likeness (QED) is 0.343. The van der Waals surface area contributed by atoms with Crippen LogP contribution >= 0.6 is 23.2 Å². The molecule has 2 heterocycles. The molecule has 0 N–H and O–H groups in total. The normalized spacial score (nSPS) is 20.8. The minimum Gasteiger partial charge on any atom is -0.271 e. The third-order valence-electron chi connectivity index (χ3n) is 6.74. The number of halogens is 5. The fourth-order valence-electron chi connectivity index (χ4n) is 4.97. The van der Waals surface area contributed by atoms with Gasteiger partial charge in [-0.25, -0.2) is 5.01 Å². The van der Waals surface area contributed by atoms with Crippen LogP contribution in [-0.2, 0) is 17.5 Å². The van der Waals surface area contributed by atoms with E-state index in [9.17, 15) is 18.0 Å². The Morgan fingerprint density at radius 3 is 2.35 bits per heavy atom. The van der Waals surface area contributed by atoms with Gasteiger partial charge in [0.25, 0.3) is 5.91 Å². The number of carbonyl (C=O) groups is 1. The minimum atomic E-state index is -4.59. The van der Waals surface area contributed by atoms with Crippen molar-refractivity contribution in [3.63, 3.8) is 0 Å². The van der Waals surface area contributed by atoms with Gasteiger partial charge in [-0.3, -0.25) is 9.48 Å². The molecular weight excluding hydrogens is 524 g/mol. The molecule has 1 aromatic heterocycles. The van der Waals surface area contributed by atoms with Crippen molar-refractivity contribution >= 4 is 40.9 Å². The summed E-state index contributed by atoms with van der Waals surface area (Å²) in [6.45, 7) is 1.14. The summed E-state index contributed by atoms with van der Waals surface area (Å²) in [5, 5.41) is 11.0. The molecule has 1 saturated carbocycles. The van der Waals surface area contributed by atoms with E-state index in [0.717, 1.165) is 52.4 Å². The molecule has 0 bridgehead atoms. The number of rotatable bonds is 4.